The van der Waals surface area contributed by atoms with E-state index in [0.717, 1.165) is 38.1 Å². The maximum atomic E-state index is 13.0. The van der Waals surface area contributed by atoms with Gasteiger partial charge in [0.1, 0.15) is 23.7 Å². The monoisotopic (exact) mass is 602 g/mol. The van der Waals surface area contributed by atoms with E-state index in [1.165, 1.54) is 24.3 Å². The lowest BCUT2D eigenvalue weighted by Gasteiger charge is -2.33. The number of nitrogens with zero attached hydrogens (tertiary/aromatic N) is 3. The third kappa shape index (κ3) is 8.87. The molecule has 2 saturated heterocycles. The lowest BCUT2D eigenvalue weighted by atomic mass is 10.1. The fourth-order valence-electron chi connectivity index (χ4n) is 4.56. The van der Waals surface area contributed by atoms with Crippen LogP contribution in [0.5, 0.6) is 11.5 Å². The third-order valence-electron chi connectivity index (χ3n) is 6.64. The van der Waals surface area contributed by atoms with E-state index in [-0.39, 0.29) is 23.7 Å². The molecule has 2 aromatic carbocycles. The molecule has 222 valence electrons. The van der Waals surface area contributed by atoms with Gasteiger partial charge in [0, 0.05) is 25.9 Å². The molecule has 0 radical (unpaired) electrons. The number of nitrogens with one attached hydrogen (secondary N) is 1. The molecule has 13 heteroatoms. The average Bonchev–Trinajstić information content (AvgIpc) is 2.94. The number of ether oxygens (including phenoxy) is 2. The standard InChI is InChI=1S/C16H15ClF3N3O.C12H14F3NO/c17-14-5-6-15(22-21-14)23-9-7-11(8-10-23)24-13-4-2-1-3-12(13)16(18,19)20;13-12(14,15)10-3-1-2-4-11(10)17-9-5-7-16-8-6-9/h1-6,11H,7-10H2;1-4,9,16H,5-8H2. The number of benzene rings is 2. The molecule has 0 atom stereocenters. The Morgan fingerprint density at radius 1 is 0.683 bits per heavy atom. The Bertz CT molecular complexity index is 1250. The van der Waals surface area contributed by atoms with Crippen LogP contribution in [0.4, 0.5) is 32.2 Å². The highest BCUT2D eigenvalue weighted by molar-refractivity contribution is 6.29. The van der Waals surface area contributed by atoms with Gasteiger partial charge in [-0.15, -0.1) is 10.2 Å². The number of hydrogen-bond donors (Lipinski definition) is 1. The minimum Gasteiger partial charge on any atom is -0.490 e. The van der Waals surface area contributed by atoms with Crippen LogP contribution in [0.3, 0.4) is 0 Å². The van der Waals surface area contributed by atoms with Crippen LogP contribution in [0, 0.1) is 0 Å². The molecule has 0 bridgehead atoms. The lowest BCUT2D eigenvalue weighted by Crippen LogP contribution is -2.39. The highest BCUT2D eigenvalue weighted by Gasteiger charge is 2.36. The second-order valence-electron chi connectivity index (χ2n) is 9.57. The van der Waals surface area contributed by atoms with Crippen molar-refractivity contribution in [3.8, 4) is 11.5 Å². The first kappa shape index (κ1) is 30.7. The van der Waals surface area contributed by atoms with Crippen LogP contribution in [0.2, 0.25) is 5.15 Å². The van der Waals surface area contributed by atoms with Crippen molar-refractivity contribution in [2.45, 2.75) is 50.2 Å². The van der Waals surface area contributed by atoms with Crippen LogP contribution in [0.15, 0.2) is 60.7 Å². The molecule has 6 nitrogen and oxygen atoms in total. The predicted octanol–water partition coefficient (Wildman–Crippen LogP) is 7.03. The zero-order valence-corrected chi connectivity index (χ0v) is 22.6. The number of aromatic nitrogens is 2. The molecular weight excluding hydrogens is 574 g/mol. The van der Waals surface area contributed by atoms with E-state index in [1.54, 1.807) is 24.3 Å². The van der Waals surface area contributed by atoms with E-state index >= 15 is 0 Å². The Labute approximate surface area is 238 Å². The Hall–Kier alpha value is -3.25. The maximum Gasteiger partial charge on any atom is 0.419 e. The Kier molecular flexibility index (Phi) is 10.2. The van der Waals surface area contributed by atoms with Gasteiger partial charge in [0.05, 0.1) is 11.1 Å². The molecule has 3 heterocycles. The molecule has 5 rings (SSSR count). The summed E-state index contributed by atoms with van der Waals surface area (Å²) in [6.07, 6.45) is -6.46. The van der Waals surface area contributed by atoms with Gasteiger partial charge in [-0.25, -0.2) is 0 Å². The van der Waals surface area contributed by atoms with Gasteiger partial charge in [-0.2, -0.15) is 26.3 Å². The topological polar surface area (TPSA) is 59.5 Å². The minimum absolute atomic E-state index is 0.0631. The van der Waals surface area contributed by atoms with Crippen molar-refractivity contribution in [3.63, 3.8) is 0 Å². The molecule has 1 aromatic heterocycles. The van der Waals surface area contributed by atoms with E-state index in [9.17, 15) is 26.3 Å². The second kappa shape index (κ2) is 13.6. The fraction of sp³-hybridized carbons (Fsp3) is 0.429. The van der Waals surface area contributed by atoms with Crippen molar-refractivity contribution in [1.82, 2.24) is 15.5 Å². The van der Waals surface area contributed by atoms with Crippen LogP contribution in [-0.4, -0.2) is 48.6 Å². The number of para-hydroxylation sites is 2. The largest absolute Gasteiger partial charge is 0.490 e. The van der Waals surface area contributed by atoms with Gasteiger partial charge in [0.25, 0.3) is 0 Å². The predicted molar refractivity (Wildman–Crippen MR) is 142 cm³/mol. The summed E-state index contributed by atoms with van der Waals surface area (Å²) < 4.78 is 88.2. The molecule has 0 amide bonds. The number of piperidine rings is 2. The van der Waals surface area contributed by atoms with Crippen molar-refractivity contribution in [2.24, 2.45) is 0 Å². The fourth-order valence-corrected chi connectivity index (χ4v) is 4.66. The molecule has 0 spiro atoms. The smallest absolute Gasteiger partial charge is 0.419 e. The molecule has 2 aliphatic heterocycles. The first-order valence-electron chi connectivity index (χ1n) is 13.1. The number of halogens is 7. The number of anilines is 1. The van der Waals surface area contributed by atoms with Crippen molar-refractivity contribution in [3.05, 3.63) is 76.9 Å². The van der Waals surface area contributed by atoms with Gasteiger partial charge in [-0.05, 0) is 62.3 Å². The quantitative estimate of drug-likeness (QED) is 0.316. The molecule has 0 aliphatic carbocycles. The highest BCUT2D eigenvalue weighted by Crippen LogP contribution is 2.38. The molecule has 3 aromatic rings. The van der Waals surface area contributed by atoms with Crippen LogP contribution in [0.25, 0.3) is 0 Å². The van der Waals surface area contributed by atoms with Gasteiger partial charge >= 0.3 is 12.4 Å². The normalized spacial score (nSPS) is 17.0. The minimum atomic E-state index is -4.42. The highest BCUT2D eigenvalue weighted by atomic mass is 35.5. The summed E-state index contributed by atoms with van der Waals surface area (Å²) >= 11 is 5.71. The summed E-state index contributed by atoms with van der Waals surface area (Å²) in [4.78, 5) is 2.01. The summed E-state index contributed by atoms with van der Waals surface area (Å²) in [7, 11) is 0. The van der Waals surface area contributed by atoms with Crippen molar-refractivity contribution < 1.29 is 35.8 Å². The summed E-state index contributed by atoms with van der Waals surface area (Å²) in [6.45, 7) is 2.85. The Morgan fingerprint density at radius 2 is 1.17 bits per heavy atom. The van der Waals surface area contributed by atoms with Gasteiger partial charge in [-0.3, -0.25) is 0 Å². The van der Waals surface area contributed by atoms with Crippen LogP contribution < -0.4 is 19.7 Å². The molecule has 0 saturated carbocycles. The summed E-state index contributed by atoms with van der Waals surface area (Å²) in [5.74, 6) is 0.523. The van der Waals surface area contributed by atoms with Gasteiger partial charge in [0.15, 0.2) is 11.0 Å². The Morgan fingerprint density at radius 3 is 1.63 bits per heavy atom. The molecule has 1 N–H and O–H groups in total. The molecule has 0 unspecified atom stereocenters. The van der Waals surface area contributed by atoms with Crippen LogP contribution in [-0.2, 0) is 12.4 Å². The van der Waals surface area contributed by atoms with Gasteiger partial charge in [0.2, 0.25) is 0 Å². The van der Waals surface area contributed by atoms with Crippen molar-refractivity contribution in [2.75, 3.05) is 31.1 Å². The number of alkyl halides is 6. The first-order valence-corrected chi connectivity index (χ1v) is 13.5. The van der Waals surface area contributed by atoms with Crippen molar-refractivity contribution >= 4 is 17.4 Å². The van der Waals surface area contributed by atoms with E-state index < -0.39 is 23.5 Å². The summed E-state index contributed by atoms with van der Waals surface area (Å²) in [5, 5.41) is 11.3. The molecule has 41 heavy (non-hydrogen) atoms. The van der Waals surface area contributed by atoms with E-state index in [1.807, 2.05) is 4.90 Å². The number of rotatable bonds is 5. The SMILES string of the molecule is FC(F)(F)c1ccccc1OC1CCN(c2ccc(Cl)nn2)CC1.FC(F)(F)c1ccccc1OC1CCNCC1. The zero-order valence-electron chi connectivity index (χ0n) is 21.9. The zero-order chi connectivity index (χ0) is 29.5. The summed E-state index contributed by atoms with van der Waals surface area (Å²) in [6, 6.07) is 14.1. The Balaban J connectivity index is 0.000000201. The molecule has 2 aliphatic rings. The third-order valence-corrected chi connectivity index (χ3v) is 6.84. The van der Waals surface area contributed by atoms with Crippen molar-refractivity contribution in [1.29, 1.82) is 0 Å². The van der Waals surface area contributed by atoms with Gasteiger partial charge < -0.3 is 19.7 Å². The average molecular weight is 603 g/mol. The van der Waals surface area contributed by atoms with E-state index in [0.29, 0.717) is 36.9 Å². The first-order chi connectivity index (χ1) is 19.5. The van der Waals surface area contributed by atoms with Gasteiger partial charge in [-0.1, -0.05) is 35.9 Å². The maximum absolute atomic E-state index is 13.0. The van der Waals surface area contributed by atoms with Crippen LogP contribution >= 0.6 is 11.6 Å². The lowest BCUT2D eigenvalue weighted by molar-refractivity contribution is -0.140. The van der Waals surface area contributed by atoms with E-state index in [2.05, 4.69) is 15.5 Å². The van der Waals surface area contributed by atoms with E-state index in [4.69, 9.17) is 21.1 Å². The summed E-state index contributed by atoms with van der Waals surface area (Å²) in [5.41, 5.74) is -1.44. The van der Waals surface area contributed by atoms with Crippen LogP contribution in [0.1, 0.15) is 36.8 Å². The molecular formula is C28H29ClF6N4O2. The second-order valence-corrected chi connectivity index (χ2v) is 9.96. The number of hydrogen-bond acceptors (Lipinski definition) is 6. The molecule has 2 fully saturated rings.